The summed E-state index contributed by atoms with van der Waals surface area (Å²) in [6.45, 7) is 4.68. The van der Waals surface area contributed by atoms with Crippen LogP contribution in [0, 0.1) is 5.92 Å². The molecule has 0 aliphatic carbocycles. The van der Waals surface area contributed by atoms with E-state index >= 15 is 0 Å². The maximum atomic E-state index is 11.8. The first-order chi connectivity index (χ1) is 10.0. The number of aromatic nitrogens is 2. The Bertz CT molecular complexity index is 647. The molecule has 5 nitrogen and oxygen atoms in total. The summed E-state index contributed by atoms with van der Waals surface area (Å²) in [4.78, 5) is 11.8. The van der Waals surface area contributed by atoms with E-state index in [9.17, 15) is 4.79 Å². The number of hydrogen-bond acceptors (Lipinski definition) is 4. The van der Waals surface area contributed by atoms with Gasteiger partial charge in [0.1, 0.15) is 5.75 Å². The molecule has 1 heterocycles. The van der Waals surface area contributed by atoms with Crippen molar-refractivity contribution in [1.29, 1.82) is 0 Å². The minimum Gasteiger partial charge on any atom is -0.497 e. The molecule has 1 unspecified atom stereocenters. The Morgan fingerprint density at radius 3 is 2.43 bits per heavy atom. The zero-order chi connectivity index (χ0) is 15.4. The Labute approximate surface area is 124 Å². The van der Waals surface area contributed by atoms with Crippen LogP contribution in [0.3, 0.4) is 0 Å². The number of hydrogen-bond donors (Lipinski definition) is 1. The van der Waals surface area contributed by atoms with Crippen LogP contribution >= 0.6 is 0 Å². The third-order valence-electron chi connectivity index (χ3n) is 3.22. The van der Waals surface area contributed by atoms with Gasteiger partial charge in [0.25, 0.3) is 5.56 Å². The largest absolute Gasteiger partial charge is 0.497 e. The van der Waals surface area contributed by atoms with Crippen LogP contribution in [0.2, 0.25) is 0 Å². The third kappa shape index (κ3) is 3.70. The van der Waals surface area contributed by atoms with E-state index in [4.69, 9.17) is 10.5 Å². The van der Waals surface area contributed by atoms with Gasteiger partial charge in [0.2, 0.25) is 0 Å². The van der Waals surface area contributed by atoms with Gasteiger partial charge < -0.3 is 10.5 Å². The molecule has 0 fully saturated rings. The summed E-state index contributed by atoms with van der Waals surface area (Å²) in [7, 11) is 1.62. The van der Waals surface area contributed by atoms with Crippen molar-refractivity contribution in [1.82, 2.24) is 9.78 Å². The van der Waals surface area contributed by atoms with Gasteiger partial charge in [-0.1, -0.05) is 26.0 Å². The molecular formula is C16H21N3O2. The van der Waals surface area contributed by atoms with E-state index in [2.05, 4.69) is 5.10 Å². The maximum absolute atomic E-state index is 11.8. The number of benzene rings is 1. The number of rotatable bonds is 5. The molecule has 0 saturated heterocycles. The molecule has 0 spiro atoms. The number of methoxy groups -OCH3 is 1. The zero-order valence-electron chi connectivity index (χ0n) is 12.6. The zero-order valence-corrected chi connectivity index (χ0v) is 12.6. The summed E-state index contributed by atoms with van der Waals surface area (Å²) in [6, 6.07) is 10.4. The predicted molar refractivity (Wildman–Crippen MR) is 82.4 cm³/mol. The second kappa shape index (κ2) is 6.54. The third-order valence-corrected chi connectivity index (χ3v) is 3.22. The molecule has 1 atom stereocenters. The molecule has 0 amide bonds. The SMILES string of the molecule is COc1ccc(C(N)c2ccc(=O)n(CC(C)C)n2)cc1. The van der Waals surface area contributed by atoms with Crippen LogP contribution in [-0.4, -0.2) is 16.9 Å². The minimum absolute atomic E-state index is 0.102. The van der Waals surface area contributed by atoms with E-state index in [1.54, 1.807) is 13.2 Å². The van der Waals surface area contributed by atoms with Crippen molar-refractivity contribution in [3.8, 4) is 5.75 Å². The van der Waals surface area contributed by atoms with Gasteiger partial charge in [-0.2, -0.15) is 5.10 Å². The first-order valence-corrected chi connectivity index (χ1v) is 6.99. The normalized spacial score (nSPS) is 12.4. The standard InChI is InChI=1S/C16H21N3O2/c1-11(2)10-19-15(20)9-8-14(18-19)16(17)12-4-6-13(21-3)7-5-12/h4-9,11,16H,10,17H2,1-3H3. The predicted octanol–water partition coefficient (Wildman–Crippen LogP) is 1.96. The molecule has 1 aromatic carbocycles. The van der Waals surface area contributed by atoms with Crippen LogP contribution < -0.4 is 16.0 Å². The molecule has 0 aliphatic rings. The Balaban J connectivity index is 2.29. The first-order valence-electron chi connectivity index (χ1n) is 6.99. The van der Waals surface area contributed by atoms with Crippen molar-refractivity contribution in [3.05, 3.63) is 58.0 Å². The van der Waals surface area contributed by atoms with Crippen LogP contribution in [0.1, 0.15) is 31.1 Å². The van der Waals surface area contributed by atoms with E-state index in [0.717, 1.165) is 11.3 Å². The van der Waals surface area contributed by atoms with Crippen molar-refractivity contribution in [2.45, 2.75) is 26.4 Å². The lowest BCUT2D eigenvalue weighted by Gasteiger charge is -2.14. The van der Waals surface area contributed by atoms with Crippen LogP contribution in [0.25, 0.3) is 0 Å². The molecule has 0 bridgehead atoms. The maximum Gasteiger partial charge on any atom is 0.266 e. The molecule has 0 aliphatic heterocycles. The summed E-state index contributed by atoms with van der Waals surface area (Å²) >= 11 is 0. The van der Waals surface area contributed by atoms with Crippen LogP contribution in [0.5, 0.6) is 5.75 Å². The smallest absolute Gasteiger partial charge is 0.266 e. The summed E-state index contributed by atoms with van der Waals surface area (Å²) in [5.74, 6) is 1.13. The van der Waals surface area contributed by atoms with Crippen molar-refractivity contribution < 1.29 is 4.74 Å². The van der Waals surface area contributed by atoms with Gasteiger partial charge in [-0.25, -0.2) is 4.68 Å². The van der Waals surface area contributed by atoms with Gasteiger partial charge in [0.05, 0.1) is 18.8 Å². The molecular weight excluding hydrogens is 266 g/mol. The van der Waals surface area contributed by atoms with E-state index in [-0.39, 0.29) is 11.6 Å². The van der Waals surface area contributed by atoms with Crippen molar-refractivity contribution in [2.24, 2.45) is 11.7 Å². The molecule has 21 heavy (non-hydrogen) atoms. The lowest BCUT2D eigenvalue weighted by Crippen LogP contribution is -2.27. The highest BCUT2D eigenvalue weighted by Gasteiger charge is 2.12. The van der Waals surface area contributed by atoms with Gasteiger partial charge in [-0.05, 0) is 29.7 Å². The second-order valence-electron chi connectivity index (χ2n) is 5.42. The minimum atomic E-state index is -0.366. The fraction of sp³-hybridized carbons (Fsp3) is 0.375. The lowest BCUT2D eigenvalue weighted by molar-refractivity contribution is 0.414. The Kier molecular flexibility index (Phi) is 4.75. The quantitative estimate of drug-likeness (QED) is 0.912. The fourth-order valence-corrected chi connectivity index (χ4v) is 2.09. The molecule has 1 aromatic heterocycles. The van der Waals surface area contributed by atoms with Gasteiger partial charge in [-0.3, -0.25) is 4.79 Å². The highest BCUT2D eigenvalue weighted by Crippen LogP contribution is 2.20. The van der Waals surface area contributed by atoms with Gasteiger partial charge in [0, 0.05) is 12.6 Å². The second-order valence-corrected chi connectivity index (χ2v) is 5.42. The van der Waals surface area contributed by atoms with Crippen molar-refractivity contribution in [2.75, 3.05) is 7.11 Å². The van der Waals surface area contributed by atoms with E-state index in [0.29, 0.717) is 18.2 Å². The van der Waals surface area contributed by atoms with E-state index < -0.39 is 0 Å². The van der Waals surface area contributed by atoms with Crippen LogP contribution in [0.15, 0.2) is 41.2 Å². The van der Waals surface area contributed by atoms with Crippen molar-refractivity contribution in [3.63, 3.8) is 0 Å². The summed E-state index contributed by atoms with van der Waals surface area (Å²) in [6.07, 6.45) is 0. The summed E-state index contributed by atoms with van der Waals surface area (Å²) in [5.41, 5.74) is 7.75. The first kappa shape index (κ1) is 15.3. The molecule has 2 aromatic rings. The van der Waals surface area contributed by atoms with Crippen LogP contribution in [0.4, 0.5) is 0 Å². The van der Waals surface area contributed by atoms with E-state index in [1.807, 2.05) is 38.1 Å². The molecule has 2 rings (SSSR count). The number of nitrogens with two attached hydrogens (primary N) is 1. The lowest BCUT2D eigenvalue weighted by atomic mass is 10.0. The highest BCUT2D eigenvalue weighted by atomic mass is 16.5. The Hall–Kier alpha value is -2.14. The Morgan fingerprint density at radius 1 is 1.19 bits per heavy atom. The highest BCUT2D eigenvalue weighted by molar-refractivity contribution is 5.32. The topological polar surface area (TPSA) is 70.1 Å². The molecule has 0 saturated carbocycles. The Morgan fingerprint density at radius 2 is 1.86 bits per heavy atom. The molecule has 0 radical (unpaired) electrons. The van der Waals surface area contributed by atoms with E-state index in [1.165, 1.54) is 10.7 Å². The average Bonchev–Trinajstić information content (AvgIpc) is 2.48. The van der Waals surface area contributed by atoms with Gasteiger partial charge >= 0.3 is 0 Å². The van der Waals surface area contributed by atoms with Gasteiger partial charge in [0.15, 0.2) is 0 Å². The molecule has 112 valence electrons. The van der Waals surface area contributed by atoms with Gasteiger partial charge in [-0.15, -0.1) is 0 Å². The number of ether oxygens (including phenoxy) is 1. The fourth-order valence-electron chi connectivity index (χ4n) is 2.09. The number of nitrogens with zero attached hydrogens (tertiary/aromatic N) is 2. The molecule has 5 heteroatoms. The van der Waals surface area contributed by atoms with Crippen LogP contribution in [-0.2, 0) is 6.54 Å². The average molecular weight is 287 g/mol. The monoisotopic (exact) mass is 287 g/mol. The van der Waals surface area contributed by atoms with Crippen molar-refractivity contribution >= 4 is 0 Å². The summed E-state index contributed by atoms with van der Waals surface area (Å²) in [5, 5.41) is 4.38. The molecule has 2 N–H and O–H groups in total. The summed E-state index contributed by atoms with van der Waals surface area (Å²) < 4.78 is 6.61.